The standard InChI is InChI=1S/C16H41O25P7/c1-29-45(21,22)35-15-16-41-48(27,28)40-14-9-34-44(4,20)33-8-13-39-47(25,26)38-12-7-32-43(3,19)31-6-11-37-46(23,24)36-10-5-30-42(2,17)18/h5-16H2,1-4H3,(H,17,18)(H,21,22)(H,23,24)(H,25,26)(H,27,28). The average Bonchev–Trinajstić information content (AvgIpc) is 2.94. The summed E-state index contributed by atoms with van der Waals surface area (Å²) in [6, 6.07) is 0. The van der Waals surface area contributed by atoms with Gasteiger partial charge in [0, 0.05) is 27.1 Å². The molecule has 5 N–H and O–H groups in total. The molecule has 0 spiro atoms. The van der Waals surface area contributed by atoms with E-state index in [2.05, 4.69) is 40.7 Å². The minimum Gasteiger partial charge on any atom is -0.324 e. The molecule has 290 valence electrons. The van der Waals surface area contributed by atoms with Gasteiger partial charge in [0.1, 0.15) is 0 Å². The summed E-state index contributed by atoms with van der Waals surface area (Å²) in [6.45, 7) is -3.69. The summed E-state index contributed by atoms with van der Waals surface area (Å²) in [6.07, 6.45) is 0. The van der Waals surface area contributed by atoms with Gasteiger partial charge < -0.3 is 47.1 Å². The molecule has 0 radical (unpaired) electrons. The lowest BCUT2D eigenvalue weighted by atomic mass is 10.8. The van der Waals surface area contributed by atoms with Crippen LogP contribution in [-0.2, 0) is 90.8 Å². The van der Waals surface area contributed by atoms with Crippen LogP contribution in [0.25, 0.3) is 0 Å². The van der Waals surface area contributed by atoms with E-state index in [4.69, 9.17) is 27.9 Å². The number of hydrogen-bond donors (Lipinski definition) is 5. The second-order valence-corrected chi connectivity index (χ2v) is 20.3. The zero-order valence-corrected chi connectivity index (χ0v) is 32.3. The Bertz CT molecular complexity index is 1270. The Balaban J connectivity index is 4.13. The Kier molecular flexibility index (Phi) is 23.3. The highest BCUT2D eigenvalue weighted by Gasteiger charge is 2.27. The van der Waals surface area contributed by atoms with Gasteiger partial charge in [0.2, 0.25) is 0 Å². The van der Waals surface area contributed by atoms with E-state index in [1.165, 1.54) is 0 Å². The molecule has 0 bridgehead atoms. The molecule has 0 amide bonds. The first-order chi connectivity index (χ1) is 21.8. The van der Waals surface area contributed by atoms with E-state index in [0.717, 1.165) is 27.1 Å². The van der Waals surface area contributed by atoms with E-state index in [1.54, 1.807) is 0 Å². The van der Waals surface area contributed by atoms with Crippen molar-refractivity contribution < 1.29 is 115 Å². The Labute approximate surface area is 275 Å². The Morgan fingerprint density at radius 3 is 0.729 bits per heavy atom. The van der Waals surface area contributed by atoms with Crippen LogP contribution in [-0.4, -0.2) is 131 Å². The van der Waals surface area contributed by atoms with E-state index in [0.29, 0.717) is 0 Å². The molecule has 48 heavy (non-hydrogen) atoms. The summed E-state index contributed by atoms with van der Waals surface area (Å²) >= 11 is 0. The minimum absolute atomic E-state index is 0.464. The van der Waals surface area contributed by atoms with Crippen molar-refractivity contribution in [2.24, 2.45) is 0 Å². The van der Waals surface area contributed by atoms with Crippen LogP contribution >= 0.6 is 54.1 Å². The maximum Gasteiger partial charge on any atom is 0.472 e. The molecule has 0 saturated carbocycles. The zero-order valence-electron chi connectivity index (χ0n) is 26.0. The van der Waals surface area contributed by atoms with Crippen LogP contribution < -0.4 is 0 Å². The normalized spacial score (nSPS) is 21.1. The molecule has 0 aromatic heterocycles. The predicted octanol–water partition coefficient (Wildman–Crippen LogP) is 2.69. The largest absolute Gasteiger partial charge is 0.472 e. The van der Waals surface area contributed by atoms with Crippen molar-refractivity contribution in [3.8, 4) is 0 Å². The molecule has 32 heteroatoms. The highest BCUT2D eigenvalue weighted by atomic mass is 31.2. The summed E-state index contributed by atoms with van der Waals surface area (Å²) in [5.74, 6) is 0. The van der Waals surface area contributed by atoms with E-state index >= 15 is 0 Å². The first-order valence-electron chi connectivity index (χ1n) is 12.9. The predicted molar refractivity (Wildman–Crippen MR) is 161 cm³/mol. The van der Waals surface area contributed by atoms with Crippen molar-refractivity contribution in [2.45, 2.75) is 0 Å². The fourth-order valence-electron chi connectivity index (χ4n) is 2.33. The zero-order chi connectivity index (χ0) is 37.2. The Morgan fingerprint density at radius 1 is 0.333 bits per heavy atom. The van der Waals surface area contributed by atoms with Crippen LogP contribution in [0, 0.1) is 0 Å². The van der Waals surface area contributed by atoms with Gasteiger partial charge in [-0.15, -0.1) is 0 Å². The van der Waals surface area contributed by atoms with Gasteiger partial charge in [-0.05, 0) is 0 Å². The summed E-state index contributed by atoms with van der Waals surface area (Å²) < 4.78 is 142. The molecule has 7 atom stereocenters. The third-order valence-electron chi connectivity index (χ3n) is 4.15. The van der Waals surface area contributed by atoms with Crippen molar-refractivity contribution in [3.63, 3.8) is 0 Å². The molecular weight excluding hydrogens is 809 g/mol. The van der Waals surface area contributed by atoms with Gasteiger partial charge >= 0.3 is 54.1 Å². The minimum atomic E-state index is -4.68. The average molecular weight is 850 g/mol. The monoisotopic (exact) mass is 850 g/mol. The second-order valence-electron chi connectivity index (χ2n) is 8.40. The molecule has 0 aromatic rings. The van der Waals surface area contributed by atoms with E-state index in [9.17, 15) is 46.6 Å². The molecule has 0 heterocycles. The lowest BCUT2D eigenvalue weighted by molar-refractivity contribution is 0.0907. The smallest absolute Gasteiger partial charge is 0.324 e. The fraction of sp³-hybridized carbons (Fsp3) is 1.00. The maximum absolute atomic E-state index is 12.3. The molecular formula is C16H41O25P7. The number of phosphoric acid groups is 4. The lowest BCUT2D eigenvalue weighted by Crippen LogP contribution is -2.09. The van der Waals surface area contributed by atoms with Gasteiger partial charge in [-0.2, -0.15) is 0 Å². The van der Waals surface area contributed by atoms with Crippen molar-refractivity contribution in [1.82, 2.24) is 0 Å². The molecule has 0 saturated heterocycles. The van der Waals surface area contributed by atoms with Gasteiger partial charge in [0.25, 0.3) is 0 Å². The summed E-state index contributed by atoms with van der Waals surface area (Å²) in [7, 11) is -28.6. The van der Waals surface area contributed by atoms with Crippen molar-refractivity contribution in [2.75, 3.05) is 106 Å². The number of phosphoric ester groups is 4. The summed E-state index contributed by atoms with van der Waals surface area (Å²) in [5.41, 5.74) is 0. The van der Waals surface area contributed by atoms with Gasteiger partial charge in [0.05, 0.1) is 79.3 Å². The van der Waals surface area contributed by atoms with E-state index in [1.807, 2.05) is 0 Å². The fourth-order valence-corrected chi connectivity index (χ4v) is 6.98. The van der Waals surface area contributed by atoms with Gasteiger partial charge in [-0.3, -0.25) is 49.9 Å². The third-order valence-corrected chi connectivity index (χ3v) is 11.4. The molecule has 0 aliphatic heterocycles. The van der Waals surface area contributed by atoms with Crippen molar-refractivity contribution >= 4 is 54.1 Å². The highest BCUT2D eigenvalue weighted by Crippen LogP contribution is 2.49. The van der Waals surface area contributed by atoms with Crippen LogP contribution in [0.15, 0.2) is 0 Å². The quantitative estimate of drug-likeness (QED) is 0.0494. The van der Waals surface area contributed by atoms with Crippen LogP contribution in [0.3, 0.4) is 0 Å². The van der Waals surface area contributed by atoms with Crippen LogP contribution in [0.4, 0.5) is 0 Å². The lowest BCUT2D eigenvalue weighted by Gasteiger charge is -2.17. The van der Waals surface area contributed by atoms with Gasteiger partial charge in [-0.25, -0.2) is 18.3 Å². The molecule has 25 nitrogen and oxygen atoms in total. The highest BCUT2D eigenvalue weighted by molar-refractivity contribution is 7.53. The summed E-state index contributed by atoms with van der Waals surface area (Å²) in [5, 5.41) is 0. The van der Waals surface area contributed by atoms with E-state index in [-0.39, 0.29) is 0 Å². The van der Waals surface area contributed by atoms with Crippen molar-refractivity contribution in [1.29, 1.82) is 0 Å². The Hall–Kier alpha value is 0.890. The molecule has 0 aliphatic carbocycles. The molecule has 7 unspecified atom stereocenters. The van der Waals surface area contributed by atoms with Crippen LogP contribution in [0.2, 0.25) is 0 Å². The number of hydrogen-bond acceptors (Lipinski definition) is 20. The van der Waals surface area contributed by atoms with Crippen molar-refractivity contribution in [3.05, 3.63) is 0 Å². The Morgan fingerprint density at radius 2 is 0.521 bits per heavy atom. The third kappa shape index (κ3) is 29.5. The molecule has 0 aliphatic rings. The van der Waals surface area contributed by atoms with Gasteiger partial charge in [-0.1, -0.05) is 0 Å². The maximum atomic E-state index is 12.3. The topological polar surface area (TPSA) is 341 Å². The molecule has 0 aromatic carbocycles. The number of rotatable bonds is 31. The molecule has 0 fully saturated rings. The van der Waals surface area contributed by atoms with Crippen LogP contribution in [0.5, 0.6) is 0 Å². The summed E-state index contributed by atoms with van der Waals surface area (Å²) in [4.78, 5) is 46.6. The SMILES string of the molecule is COP(=O)(O)OCCOP(=O)(O)OCCOP(C)(=O)OCCOP(=O)(O)OCCOP(C)(=O)OCCOP(=O)(O)OCCOP(C)(=O)O. The second kappa shape index (κ2) is 22.8. The van der Waals surface area contributed by atoms with Gasteiger partial charge in [0.15, 0.2) is 0 Å². The first-order valence-corrected chi connectivity index (χ1v) is 24.9. The molecule has 0 rings (SSSR count). The first kappa shape index (κ1) is 48.9. The van der Waals surface area contributed by atoms with E-state index < -0.39 is 133 Å². The van der Waals surface area contributed by atoms with Crippen LogP contribution in [0.1, 0.15) is 0 Å².